The number of pyridine rings is 1. The first-order valence-electron chi connectivity index (χ1n) is 7.87. The number of hydrogen-bond donors (Lipinski definition) is 1. The number of carboxylic acid groups (broad SMARTS) is 1. The molecule has 0 fully saturated rings. The van der Waals surface area contributed by atoms with E-state index in [4.69, 9.17) is 4.74 Å². The third-order valence-corrected chi connectivity index (χ3v) is 4.03. The summed E-state index contributed by atoms with van der Waals surface area (Å²) in [5, 5.41) is 22.3. The van der Waals surface area contributed by atoms with Gasteiger partial charge in [-0.05, 0) is 18.2 Å². The highest BCUT2D eigenvalue weighted by molar-refractivity contribution is 5.94. The highest BCUT2D eigenvalue weighted by Gasteiger charge is 2.21. The third kappa shape index (κ3) is 2.55. The molecule has 7 nitrogen and oxygen atoms in total. The SMILES string of the molecule is COc1ccc(-c2c(-c3ccccc3)nn3c(C(=O)O)cccc23)nn1. The van der Waals surface area contributed by atoms with Gasteiger partial charge in [-0.25, -0.2) is 9.31 Å². The summed E-state index contributed by atoms with van der Waals surface area (Å²) in [6, 6.07) is 18.1. The molecule has 0 amide bonds. The number of rotatable bonds is 4. The summed E-state index contributed by atoms with van der Waals surface area (Å²) in [6.07, 6.45) is 0. The molecule has 1 aromatic carbocycles. The van der Waals surface area contributed by atoms with Crippen LogP contribution in [0, 0.1) is 0 Å². The van der Waals surface area contributed by atoms with Crippen LogP contribution >= 0.6 is 0 Å². The fourth-order valence-electron chi connectivity index (χ4n) is 2.84. The zero-order valence-corrected chi connectivity index (χ0v) is 13.8. The van der Waals surface area contributed by atoms with Gasteiger partial charge in [0.1, 0.15) is 11.4 Å². The Labute approximate surface area is 148 Å². The van der Waals surface area contributed by atoms with Gasteiger partial charge in [0.05, 0.1) is 23.9 Å². The normalized spacial score (nSPS) is 10.8. The van der Waals surface area contributed by atoms with Crippen molar-refractivity contribution in [3.8, 4) is 28.4 Å². The Morgan fingerprint density at radius 3 is 2.46 bits per heavy atom. The highest BCUT2D eigenvalue weighted by atomic mass is 16.5. The minimum atomic E-state index is -1.05. The molecule has 128 valence electrons. The van der Waals surface area contributed by atoms with Crippen molar-refractivity contribution in [3.05, 3.63) is 66.4 Å². The Hall–Kier alpha value is -3.74. The fourth-order valence-corrected chi connectivity index (χ4v) is 2.84. The summed E-state index contributed by atoms with van der Waals surface area (Å²) in [5.41, 5.74) is 3.52. The second kappa shape index (κ2) is 6.29. The lowest BCUT2D eigenvalue weighted by molar-refractivity contribution is 0.0687. The average Bonchev–Trinajstić information content (AvgIpc) is 3.08. The number of carbonyl (C=O) groups is 1. The van der Waals surface area contributed by atoms with Crippen LogP contribution in [0.3, 0.4) is 0 Å². The molecule has 0 radical (unpaired) electrons. The largest absolute Gasteiger partial charge is 0.480 e. The predicted molar refractivity (Wildman–Crippen MR) is 95.2 cm³/mol. The maximum Gasteiger partial charge on any atom is 0.354 e. The van der Waals surface area contributed by atoms with Crippen LogP contribution in [-0.2, 0) is 0 Å². The molecule has 1 N–H and O–H groups in total. The molecule has 0 aliphatic rings. The maximum atomic E-state index is 11.6. The van der Waals surface area contributed by atoms with Crippen molar-refractivity contribution in [2.45, 2.75) is 0 Å². The molecule has 7 heteroatoms. The molecule has 0 aliphatic heterocycles. The highest BCUT2D eigenvalue weighted by Crippen LogP contribution is 2.34. The van der Waals surface area contributed by atoms with E-state index in [9.17, 15) is 9.90 Å². The van der Waals surface area contributed by atoms with Crippen LogP contribution < -0.4 is 4.74 Å². The minimum Gasteiger partial charge on any atom is -0.480 e. The summed E-state index contributed by atoms with van der Waals surface area (Å²) in [4.78, 5) is 11.6. The number of benzene rings is 1. The molecule has 0 aliphatic carbocycles. The maximum absolute atomic E-state index is 11.6. The number of fused-ring (bicyclic) bond motifs is 1. The van der Waals surface area contributed by atoms with Crippen LogP contribution in [0.1, 0.15) is 10.5 Å². The van der Waals surface area contributed by atoms with Crippen molar-refractivity contribution >= 4 is 11.5 Å². The molecule has 0 spiro atoms. The van der Waals surface area contributed by atoms with Crippen molar-refractivity contribution in [3.63, 3.8) is 0 Å². The molecular formula is C19H14N4O3. The monoisotopic (exact) mass is 346 g/mol. The van der Waals surface area contributed by atoms with E-state index < -0.39 is 5.97 Å². The molecule has 3 heterocycles. The molecule has 0 saturated carbocycles. The van der Waals surface area contributed by atoms with Crippen LogP contribution in [0.25, 0.3) is 28.0 Å². The van der Waals surface area contributed by atoms with Gasteiger partial charge < -0.3 is 9.84 Å². The first-order valence-corrected chi connectivity index (χ1v) is 7.87. The first-order chi connectivity index (χ1) is 12.7. The quantitative estimate of drug-likeness (QED) is 0.610. The molecular weight excluding hydrogens is 332 g/mol. The molecule has 26 heavy (non-hydrogen) atoms. The van der Waals surface area contributed by atoms with E-state index in [0.29, 0.717) is 22.8 Å². The lowest BCUT2D eigenvalue weighted by Crippen LogP contribution is -2.05. The van der Waals surface area contributed by atoms with Crippen LogP contribution in [-0.4, -0.2) is 38.0 Å². The van der Waals surface area contributed by atoms with Gasteiger partial charge in [0, 0.05) is 11.6 Å². The molecule has 3 aromatic heterocycles. The molecule has 0 unspecified atom stereocenters. The molecule has 0 bridgehead atoms. The van der Waals surface area contributed by atoms with Crippen LogP contribution in [0.4, 0.5) is 0 Å². The third-order valence-electron chi connectivity index (χ3n) is 4.03. The number of aromatic carboxylic acids is 1. The molecule has 0 saturated heterocycles. The Kier molecular flexibility index (Phi) is 3.81. The Morgan fingerprint density at radius 1 is 1.00 bits per heavy atom. The van der Waals surface area contributed by atoms with Crippen LogP contribution in [0.5, 0.6) is 5.88 Å². The van der Waals surface area contributed by atoms with Crippen LogP contribution in [0.2, 0.25) is 0 Å². The smallest absolute Gasteiger partial charge is 0.354 e. The van der Waals surface area contributed by atoms with Gasteiger partial charge >= 0.3 is 5.97 Å². The van der Waals surface area contributed by atoms with Gasteiger partial charge in [-0.2, -0.15) is 5.10 Å². The van der Waals surface area contributed by atoms with Crippen molar-refractivity contribution in [1.29, 1.82) is 0 Å². The van der Waals surface area contributed by atoms with E-state index in [1.54, 1.807) is 18.2 Å². The summed E-state index contributed by atoms with van der Waals surface area (Å²) in [7, 11) is 1.52. The van der Waals surface area contributed by atoms with Crippen molar-refractivity contribution in [1.82, 2.24) is 19.8 Å². The Morgan fingerprint density at radius 2 is 1.81 bits per heavy atom. The lowest BCUT2D eigenvalue weighted by atomic mass is 10.0. The zero-order chi connectivity index (χ0) is 18.1. The van der Waals surface area contributed by atoms with Crippen LogP contribution in [0.15, 0.2) is 60.7 Å². The number of ether oxygens (including phenoxy) is 1. The number of aromatic nitrogens is 4. The summed E-state index contributed by atoms with van der Waals surface area (Å²) < 4.78 is 6.49. The predicted octanol–water partition coefficient (Wildman–Crippen LogP) is 3.17. The standard InChI is InChI=1S/C19H14N4O3/c1-26-16-11-10-13(20-21-16)17-14-8-5-9-15(19(24)25)23(14)22-18(17)12-6-3-2-4-7-12/h2-11H,1H3,(H,24,25). The summed E-state index contributed by atoms with van der Waals surface area (Å²) >= 11 is 0. The topological polar surface area (TPSA) is 89.6 Å². The Balaban J connectivity index is 2.05. The zero-order valence-electron chi connectivity index (χ0n) is 13.8. The number of methoxy groups -OCH3 is 1. The second-order valence-electron chi connectivity index (χ2n) is 5.56. The number of carboxylic acids is 1. The van der Waals surface area contributed by atoms with E-state index in [-0.39, 0.29) is 5.69 Å². The van der Waals surface area contributed by atoms with Gasteiger partial charge in [-0.1, -0.05) is 36.4 Å². The number of hydrogen-bond acceptors (Lipinski definition) is 5. The summed E-state index contributed by atoms with van der Waals surface area (Å²) in [5.74, 6) is -0.650. The molecule has 0 atom stereocenters. The lowest BCUT2D eigenvalue weighted by Gasteiger charge is -2.04. The van der Waals surface area contributed by atoms with E-state index in [0.717, 1.165) is 11.1 Å². The first kappa shape index (κ1) is 15.8. The Bertz CT molecular complexity index is 1090. The van der Waals surface area contributed by atoms with Gasteiger partial charge in [0.15, 0.2) is 0 Å². The second-order valence-corrected chi connectivity index (χ2v) is 5.56. The van der Waals surface area contributed by atoms with E-state index in [2.05, 4.69) is 15.3 Å². The van der Waals surface area contributed by atoms with E-state index in [1.807, 2.05) is 36.4 Å². The fraction of sp³-hybridized carbons (Fsp3) is 0.0526. The minimum absolute atomic E-state index is 0.0763. The van der Waals surface area contributed by atoms with E-state index >= 15 is 0 Å². The number of nitrogens with zero attached hydrogens (tertiary/aromatic N) is 4. The van der Waals surface area contributed by atoms with Gasteiger partial charge in [-0.15, -0.1) is 10.2 Å². The molecule has 4 aromatic rings. The van der Waals surface area contributed by atoms with Gasteiger partial charge in [-0.3, -0.25) is 0 Å². The van der Waals surface area contributed by atoms with Crippen molar-refractivity contribution in [2.75, 3.05) is 7.11 Å². The average molecular weight is 346 g/mol. The summed E-state index contributed by atoms with van der Waals surface area (Å²) in [6.45, 7) is 0. The van der Waals surface area contributed by atoms with Crippen molar-refractivity contribution in [2.24, 2.45) is 0 Å². The molecule has 4 rings (SSSR count). The van der Waals surface area contributed by atoms with E-state index in [1.165, 1.54) is 17.7 Å². The van der Waals surface area contributed by atoms with Gasteiger partial charge in [0.2, 0.25) is 5.88 Å². The van der Waals surface area contributed by atoms with Crippen molar-refractivity contribution < 1.29 is 14.6 Å². The van der Waals surface area contributed by atoms with Gasteiger partial charge in [0.25, 0.3) is 0 Å².